The van der Waals surface area contributed by atoms with Crippen molar-refractivity contribution in [1.82, 2.24) is 9.29 Å². The molecular weight excluding hydrogens is 384 g/mol. The van der Waals surface area contributed by atoms with Crippen molar-refractivity contribution >= 4 is 33.9 Å². The number of nitrogens with zero attached hydrogens (tertiary/aromatic N) is 2. The van der Waals surface area contributed by atoms with Gasteiger partial charge in [-0.05, 0) is 59.2 Å². The number of methoxy groups -OCH3 is 1. The fourth-order valence-corrected chi connectivity index (χ4v) is 4.14. The van der Waals surface area contributed by atoms with Gasteiger partial charge in [-0.1, -0.05) is 30.4 Å². The number of aromatic nitrogens is 1. The molecule has 0 aliphatic heterocycles. The highest BCUT2D eigenvalue weighted by Crippen LogP contribution is 2.27. The van der Waals surface area contributed by atoms with E-state index in [0.717, 1.165) is 22.2 Å². The van der Waals surface area contributed by atoms with Crippen LogP contribution in [0.3, 0.4) is 0 Å². The van der Waals surface area contributed by atoms with Crippen LogP contribution in [0.4, 0.5) is 0 Å². The molecule has 158 valence electrons. The van der Waals surface area contributed by atoms with E-state index in [1.165, 1.54) is 7.11 Å². The van der Waals surface area contributed by atoms with Crippen LogP contribution < -0.4 is 0 Å². The van der Waals surface area contributed by atoms with Crippen LogP contribution in [0.15, 0.2) is 36.4 Å². The molecule has 0 aliphatic rings. The Morgan fingerprint density at radius 2 is 1.79 bits per heavy atom. The summed E-state index contributed by atoms with van der Waals surface area (Å²) in [7, 11) is 2.13. The van der Waals surface area contributed by atoms with E-state index < -0.39 is 16.4 Å². The van der Waals surface area contributed by atoms with Crippen molar-refractivity contribution in [2.75, 3.05) is 14.2 Å². The summed E-state index contributed by atoms with van der Waals surface area (Å²) >= 11 is 0. The van der Waals surface area contributed by atoms with E-state index in [1.54, 1.807) is 0 Å². The van der Waals surface area contributed by atoms with Gasteiger partial charge in [-0.2, -0.15) is 0 Å². The van der Waals surface area contributed by atoms with Crippen LogP contribution in [-0.4, -0.2) is 38.4 Å². The number of ether oxygens (including phenoxy) is 1. The first-order chi connectivity index (χ1) is 13.4. The third-order valence-electron chi connectivity index (χ3n) is 4.90. The zero-order valence-electron chi connectivity index (χ0n) is 18.6. The monoisotopic (exact) mass is 416 g/mol. The Labute approximate surface area is 176 Å². The van der Waals surface area contributed by atoms with Crippen LogP contribution in [0.2, 0.25) is 0 Å². The lowest BCUT2D eigenvalue weighted by molar-refractivity contribution is -0.148. The van der Waals surface area contributed by atoms with Gasteiger partial charge in [0.25, 0.3) is 0 Å². The van der Waals surface area contributed by atoms with Gasteiger partial charge in [-0.15, -0.1) is 0 Å². The number of fused-ring (bicyclic) bond motifs is 1. The molecule has 2 aromatic rings. The predicted molar refractivity (Wildman–Crippen MR) is 121 cm³/mol. The van der Waals surface area contributed by atoms with E-state index in [2.05, 4.69) is 0 Å². The first-order valence-corrected chi connectivity index (χ1v) is 10.8. The summed E-state index contributed by atoms with van der Waals surface area (Å²) in [6.07, 6.45) is 3.75. The summed E-state index contributed by atoms with van der Waals surface area (Å²) in [5.74, 6) is -0.279. The van der Waals surface area contributed by atoms with Crippen molar-refractivity contribution in [3.63, 3.8) is 0 Å². The summed E-state index contributed by atoms with van der Waals surface area (Å²) < 4.78 is 19.1. The lowest BCUT2D eigenvalue weighted by Gasteiger charge is -2.30. The summed E-state index contributed by atoms with van der Waals surface area (Å²) in [4.78, 5) is 16.7. The van der Waals surface area contributed by atoms with E-state index in [-0.39, 0.29) is 16.8 Å². The molecule has 0 saturated carbocycles. The first kappa shape index (κ1) is 23.2. The molecule has 0 unspecified atom stereocenters. The number of benzene rings is 1. The number of esters is 1. The van der Waals surface area contributed by atoms with Gasteiger partial charge in [0.2, 0.25) is 0 Å². The molecule has 1 aromatic heterocycles. The Kier molecular flexibility index (Phi) is 7.01. The molecule has 0 aliphatic carbocycles. The average Bonchev–Trinajstić information content (AvgIpc) is 2.68. The maximum Gasteiger partial charge on any atom is 0.315 e. The number of carbonyl (C=O) groups is 1. The Hall–Kier alpha value is -2.05. The van der Waals surface area contributed by atoms with E-state index >= 15 is 0 Å². The molecule has 6 heteroatoms. The molecule has 0 saturated heterocycles. The molecule has 29 heavy (non-hydrogen) atoms. The normalized spacial score (nSPS) is 15.1. The Morgan fingerprint density at radius 3 is 2.38 bits per heavy atom. The number of carbonyl (C=O) groups excluding carboxylic acids is 1. The molecule has 0 spiro atoms. The topological polar surface area (TPSA) is 59.5 Å². The van der Waals surface area contributed by atoms with Crippen LogP contribution in [0.25, 0.3) is 17.0 Å². The van der Waals surface area contributed by atoms with Gasteiger partial charge >= 0.3 is 5.97 Å². The van der Waals surface area contributed by atoms with Crippen molar-refractivity contribution in [2.24, 2.45) is 5.41 Å². The number of rotatable bonds is 6. The minimum absolute atomic E-state index is 0.0862. The summed E-state index contributed by atoms with van der Waals surface area (Å²) in [5.41, 5.74) is 1.99. The van der Waals surface area contributed by atoms with Crippen molar-refractivity contribution in [3.05, 3.63) is 47.7 Å². The van der Waals surface area contributed by atoms with E-state index in [9.17, 15) is 9.00 Å². The lowest BCUT2D eigenvalue weighted by atomic mass is 9.92. The second kappa shape index (κ2) is 8.76. The van der Waals surface area contributed by atoms with Crippen LogP contribution in [0.1, 0.15) is 58.8 Å². The van der Waals surface area contributed by atoms with Gasteiger partial charge in [0.05, 0.1) is 34.5 Å². The standard InChI is InChI=1S/C23H32N2O3S/c1-16(25(7)29(27)22(2,3)4)19-12-11-18-10-9-17(15-20(18)24-19)13-14-23(5,6)21(26)28-8/h9-16H,1-8H3/b14-13+/t16-,29-/m1/s1. The zero-order valence-corrected chi connectivity index (χ0v) is 19.5. The van der Waals surface area contributed by atoms with E-state index in [1.807, 2.05) is 95.4 Å². The summed E-state index contributed by atoms with van der Waals surface area (Å²) in [6.45, 7) is 11.6. The third kappa shape index (κ3) is 5.52. The molecule has 0 bridgehead atoms. The molecule has 0 amide bonds. The fourth-order valence-electron chi connectivity index (χ4n) is 2.88. The smallest absolute Gasteiger partial charge is 0.315 e. The van der Waals surface area contributed by atoms with Gasteiger partial charge in [0, 0.05) is 12.4 Å². The van der Waals surface area contributed by atoms with Gasteiger partial charge < -0.3 is 4.74 Å². The molecule has 0 N–H and O–H groups in total. The largest absolute Gasteiger partial charge is 0.468 e. The molecule has 2 atom stereocenters. The maximum absolute atomic E-state index is 12.7. The molecule has 2 rings (SSSR count). The van der Waals surface area contributed by atoms with Gasteiger partial charge in [-0.25, -0.2) is 8.51 Å². The minimum Gasteiger partial charge on any atom is -0.468 e. The molecule has 1 heterocycles. The van der Waals surface area contributed by atoms with Crippen LogP contribution in [0.5, 0.6) is 0 Å². The quantitative estimate of drug-likeness (QED) is 0.628. The minimum atomic E-state index is -1.13. The van der Waals surface area contributed by atoms with Crippen molar-refractivity contribution < 1.29 is 13.7 Å². The van der Waals surface area contributed by atoms with E-state index in [0.29, 0.717) is 0 Å². The zero-order chi connectivity index (χ0) is 22.0. The summed E-state index contributed by atoms with van der Waals surface area (Å²) in [5, 5.41) is 1.03. The van der Waals surface area contributed by atoms with Crippen molar-refractivity contribution in [3.8, 4) is 0 Å². The average molecular weight is 417 g/mol. The lowest BCUT2D eigenvalue weighted by Crippen LogP contribution is -2.36. The van der Waals surface area contributed by atoms with Crippen molar-refractivity contribution in [1.29, 1.82) is 0 Å². The van der Waals surface area contributed by atoms with Crippen LogP contribution in [0, 0.1) is 5.41 Å². The van der Waals surface area contributed by atoms with Crippen molar-refractivity contribution in [2.45, 2.75) is 52.3 Å². The second-order valence-electron chi connectivity index (χ2n) is 8.82. The van der Waals surface area contributed by atoms with Crippen LogP contribution in [-0.2, 0) is 20.5 Å². The number of hydrogen-bond acceptors (Lipinski definition) is 4. The SMILES string of the molecule is COC(=O)C(C)(C)/C=C/c1ccc2ccc([C@@H](C)N(C)[S@](=O)C(C)(C)C)nc2c1. The molecule has 1 aromatic carbocycles. The van der Waals surface area contributed by atoms with Gasteiger partial charge in [0.15, 0.2) is 0 Å². The Bertz CT molecular complexity index is 945. The molecule has 0 radical (unpaired) electrons. The highest BCUT2D eigenvalue weighted by atomic mass is 32.2. The number of pyridine rings is 1. The van der Waals surface area contributed by atoms with E-state index in [4.69, 9.17) is 9.72 Å². The maximum atomic E-state index is 12.7. The predicted octanol–water partition coefficient (Wildman–Crippen LogP) is 4.90. The first-order valence-electron chi connectivity index (χ1n) is 9.70. The molecule has 5 nitrogen and oxygen atoms in total. The molecular formula is C23H32N2O3S. The number of hydrogen-bond donors (Lipinski definition) is 0. The third-order valence-corrected chi connectivity index (χ3v) is 6.79. The Morgan fingerprint density at radius 1 is 1.17 bits per heavy atom. The second-order valence-corrected chi connectivity index (χ2v) is 11.1. The highest BCUT2D eigenvalue weighted by Gasteiger charge is 2.28. The summed E-state index contributed by atoms with van der Waals surface area (Å²) in [6, 6.07) is 9.94. The van der Waals surface area contributed by atoms with Crippen LogP contribution >= 0.6 is 0 Å². The van der Waals surface area contributed by atoms with Gasteiger partial charge in [0.1, 0.15) is 11.0 Å². The van der Waals surface area contributed by atoms with Gasteiger partial charge in [-0.3, -0.25) is 9.78 Å². The highest BCUT2D eigenvalue weighted by molar-refractivity contribution is 7.84. The fraction of sp³-hybridized carbons (Fsp3) is 0.478. The Balaban J connectivity index is 2.34. The molecule has 0 fully saturated rings.